The van der Waals surface area contributed by atoms with E-state index >= 15 is 0 Å². The number of likely N-dealkylation sites (N-methyl/N-ethyl adjacent to an activating group) is 1. The second kappa shape index (κ2) is 11.0. The summed E-state index contributed by atoms with van der Waals surface area (Å²) in [4.78, 5) is 13.8. The van der Waals surface area contributed by atoms with E-state index in [4.69, 9.17) is 0 Å². The molecule has 1 aliphatic heterocycles. The molecule has 3 heterocycles. The predicted molar refractivity (Wildman–Crippen MR) is 147 cm³/mol. The molecule has 1 fully saturated rings. The number of thiophene rings is 1. The topological polar surface area (TPSA) is 102 Å². The predicted octanol–water partition coefficient (Wildman–Crippen LogP) is 3.72. The van der Waals surface area contributed by atoms with Crippen molar-refractivity contribution in [3.63, 3.8) is 0 Å². The van der Waals surface area contributed by atoms with Gasteiger partial charge in [-0.1, -0.05) is 6.07 Å². The van der Waals surface area contributed by atoms with Crippen LogP contribution >= 0.6 is 11.3 Å². The lowest BCUT2D eigenvalue weighted by molar-refractivity contribution is 0.313. The zero-order chi connectivity index (χ0) is 25.8. The summed E-state index contributed by atoms with van der Waals surface area (Å²) in [6.07, 6.45) is 0. The van der Waals surface area contributed by atoms with Gasteiger partial charge in [-0.15, -0.1) is 11.3 Å². The second-order valence-electron chi connectivity index (χ2n) is 8.77. The monoisotopic (exact) mass is 541 g/mol. The molecule has 9 nitrogen and oxygen atoms in total. The van der Waals surface area contributed by atoms with Gasteiger partial charge in [-0.3, -0.25) is 0 Å². The van der Waals surface area contributed by atoms with Gasteiger partial charge in [0.2, 0.25) is 16.0 Å². The molecule has 0 aliphatic carbocycles. The number of nitrogens with one attached hydrogen (secondary N) is 3. The first-order chi connectivity index (χ1) is 17.9. The van der Waals surface area contributed by atoms with Crippen molar-refractivity contribution in [3.8, 4) is 0 Å². The first-order valence-electron chi connectivity index (χ1n) is 11.9. The van der Waals surface area contributed by atoms with Crippen LogP contribution in [-0.2, 0) is 10.0 Å². The van der Waals surface area contributed by atoms with Crippen molar-refractivity contribution in [2.24, 2.45) is 0 Å². The summed E-state index contributed by atoms with van der Waals surface area (Å²) in [6, 6.07) is 15.1. The minimum atomic E-state index is -3.81. The summed E-state index contributed by atoms with van der Waals surface area (Å²) in [5.74, 6) is 0.457. The Morgan fingerprint density at radius 2 is 1.78 bits per heavy atom. The molecule has 4 aromatic rings. The molecule has 5 rings (SSSR count). The number of aromatic nitrogens is 2. The Morgan fingerprint density at radius 3 is 2.54 bits per heavy atom. The van der Waals surface area contributed by atoms with Crippen molar-refractivity contribution in [2.45, 2.75) is 4.90 Å². The van der Waals surface area contributed by atoms with Gasteiger partial charge < -0.3 is 20.4 Å². The standard InChI is InChI=1S/C25H28FN7O2S2/c1-32-12-14-33(15-13-32)20-7-5-19(6-8-20)29-25-30-22-9-16-36-23(22)24(31-25)27-10-11-28-37(34,35)21-4-2-3-18(26)17-21/h2-9,16-17,28H,10-15H2,1H3,(H2,27,29,30,31). The van der Waals surface area contributed by atoms with E-state index in [0.29, 0.717) is 11.8 Å². The van der Waals surface area contributed by atoms with Gasteiger partial charge in [-0.05, 0) is 61.0 Å². The number of hydrogen-bond acceptors (Lipinski definition) is 9. The molecular weight excluding hydrogens is 513 g/mol. The molecule has 3 N–H and O–H groups in total. The minimum Gasteiger partial charge on any atom is -0.369 e. The van der Waals surface area contributed by atoms with Crippen LogP contribution in [0.1, 0.15) is 0 Å². The van der Waals surface area contributed by atoms with E-state index in [1.807, 2.05) is 23.6 Å². The summed E-state index contributed by atoms with van der Waals surface area (Å²) in [5, 5.41) is 8.41. The molecule has 1 aliphatic rings. The number of piperazine rings is 1. The van der Waals surface area contributed by atoms with Crippen molar-refractivity contribution in [3.05, 3.63) is 65.8 Å². The molecule has 0 unspecified atom stereocenters. The average Bonchev–Trinajstić information content (AvgIpc) is 3.36. The number of anilines is 4. The van der Waals surface area contributed by atoms with Crippen LogP contribution in [0.4, 0.5) is 27.5 Å². The first kappa shape index (κ1) is 25.3. The first-order valence-corrected chi connectivity index (χ1v) is 14.3. The molecule has 0 spiro atoms. The third-order valence-corrected chi connectivity index (χ3v) is 8.48. The summed E-state index contributed by atoms with van der Waals surface area (Å²) in [7, 11) is -1.67. The van der Waals surface area contributed by atoms with E-state index in [2.05, 4.69) is 54.3 Å². The minimum absolute atomic E-state index is 0.103. The highest BCUT2D eigenvalue weighted by Crippen LogP contribution is 2.28. The fraction of sp³-hybridized carbons (Fsp3) is 0.280. The zero-order valence-electron chi connectivity index (χ0n) is 20.3. The fourth-order valence-corrected chi connectivity index (χ4v) is 5.93. The Hall–Kier alpha value is -3.32. The van der Waals surface area contributed by atoms with E-state index in [0.717, 1.165) is 48.1 Å². The van der Waals surface area contributed by atoms with E-state index < -0.39 is 15.8 Å². The van der Waals surface area contributed by atoms with E-state index in [-0.39, 0.29) is 18.0 Å². The van der Waals surface area contributed by atoms with Crippen LogP contribution in [0.25, 0.3) is 10.2 Å². The van der Waals surface area contributed by atoms with Gasteiger partial charge in [0.1, 0.15) is 11.6 Å². The second-order valence-corrected chi connectivity index (χ2v) is 11.5. The number of rotatable bonds is 9. The van der Waals surface area contributed by atoms with Crippen molar-refractivity contribution >= 4 is 54.7 Å². The lowest BCUT2D eigenvalue weighted by Crippen LogP contribution is -2.44. The molecule has 0 atom stereocenters. The molecular formula is C25H28FN7O2S2. The van der Waals surface area contributed by atoms with Crippen molar-refractivity contribution in [2.75, 3.05) is 61.8 Å². The van der Waals surface area contributed by atoms with E-state index in [1.165, 1.54) is 35.2 Å². The Bertz CT molecular complexity index is 1470. The van der Waals surface area contributed by atoms with Gasteiger partial charge in [0.15, 0.2) is 0 Å². The van der Waals surface area contributed by atoms with Gasteiger partial charge in [0.25, 0.3) is 0 Å². The molecule has 2 aromatic carbocycles. The Labute approximate surface area is 219 Å². The van der Waals surface area contributed by atoms with Crippen molar-refractivity contribution in [1.82, 2.24) is 19.6 Å². The highest BCUT2D eigenvalue weighted by atomic mass is 32.2. The molecule has 0 saturated carbocycles. The normalized spacial score (nSPS) is 14.7. The molecule has 0 amide bonds. The maximum Gasteiger partial charge on any atom is 0.240 e. The lowest BCUT2D eigenvalue weighted by atomic mass is 10.2. The van der Waals surface area contributed by atoms with Gasteiger partial charge in [-0.2, -0.15) is 4.98 Å². The van der Waals surface area contributed by atoms with Crippen molar-refractivity contribution in [1.29, 1.82) is 0 Å². The quantitative estimate of drug-likeness (QED) is 0.276. The van der Waals surface area contributed by atoms with Crippen LogP contribution in [-0.4, -0.2) is 69.6 Å². The van der Waals surface area contributed by atoms with E-state index in [9.17, 15) is 12.8 Å². The number of halogens is 1. The fourth-order valence-electron chi connectivity index (χ4n) is 4.07. The van der Waals surface area contributed by atoms with Crippen LogP contribution < -0.4 is 20.3 Å². The molecule has 12 heteroatoms. The number of benzene rings is 2. The number of fused-ring (bicyclic) bond motifs is 1. The highest BCUT2D eigenvalue weighted by Gasteiger charge is 2.16. The number of nitrogens with zero attached hydrogens (tertiary/aromatic N) is 4. The van der Waals surface area contributed by atoms with Gasteiger partial charge in [-0.25, -0.2) is 22.5 Å². The largest absolute Gasteiger partial charge is 0.369 e. The summed E-state index contributed by atoms with van der Waals surface area (Å²) in [6.45, 7) is 4.51. The SMILES string of the molecule is CN1CCN(c2ccc(Nc3nc(NCCNS(=O)(=O)c4cccc(F)c4)c4sccc4n3)cc2)CC1. The molecule has 0 radical (unpaired) electrons. The van der Waals surface area contributed by atoms with Crippen LogP contribution in [0.5, 0.6) is 0 Å². The van der Waals surface area contributed by atoms with Gasteiger partial charge in [0, 0.05) is 50.6 Å². The molecule has 1 saturated heterocycles. The molecule has 0 bridgehead atoms. The van der Waals surface area contributed by atoms with Crippen LogP contribution in [0.3, 0.4) is 0 Å². The molecule has 194 valence electrons. The highest BCUT2D eigenvalue weighted by molar-refractivity contribution is 7.89. The number of hydrogen-bond donors (Lipinski definition) is 3. The smallest absolute Gasteiger partial charge is 0.240 e. The van der Waals surface area contributed by atoms with Gasteiger partial charge in [0.05, 0.1) is 15.1 Å². The summed E-state index contributed by atoms with van der Waals surface area (Å²) >= 11 is 1.50. The summed E-state index contributed by atoms with van der Waals surface area (Å²) in [5.41, 5.74) is 2.86. The van der Waals surface area contributed by atoms with Crippen LogP contribution in [0.2, 0.25) is 0 Å². The van der Waals surface area contributed by atoms with E-state index in [1.54, 1.807) is 0 Å². The maximum atomic E-state index is 13.4. The lowest BCUT2D eigenvalue weighted by Gasteiger charge is -2.34. The average molecular weight is 542 g/mol. The number of sulfonamides is 1. The van der Waals surface area contributed by atoms with Crippen LogP contribution in [0.15, 0.2) is 64.9 Å². The maximum absolute atomic E-state index is 13.4. The Balaban J connectivity index is 1.23. The zero-order valence-corrected chi connectivity index (χ0v) is 21.9. The molecule has 37 heavy (non-hydrogen) atoms. The Morgan fingerprint density at radius 1 is 1.00 bits per heavy atom. The van der Waals surface area contributed by atoms with Crippen LogP contribution in [0, 0.1) is 5.82 Å². The third kappa shape index (κ3) is 6.16. The molecule has 2 aromatic heterocycles. The Kier molecular flexibility index (Phi) is 7.51. The third-order valence-electron chi connectivity index (χ3n) is 6.11. The van der Waals surface area contributed by atoms with Crippen molar-refractivity contribution < 1.29 is 12.8 Å². The summed E-state index contributed by atoms with van der Waals surface area (Å²) < 4.78 is 41.6. The van der Waals surface area contributed by atoms with Gasteiger partial charge >= 0.3 is 0 Å².